The van der Waals surface area contributed by atoms with Gasteiger partial charge in [0.25, 0.3) is 0 Å². The molecule has 1 N–H and O–H groups in total. The smallest absolute Gasteiger partial charge is 0.0363 e. The number of hydrogen-bond donors (Lipinski definition) is 1. The average Bonchev–Trinajstić information content (AvgIpc) is 2.69. The molecule has 1 saturated heterocycles. The van der Waals surface area contributed by atoms with E-state index < -0.39 is 0 Å². The fraction of sp³-hybridized carbons (Fsp3) is 0.647. The van der Waals surface area contributed by atoms with Crippen molar-refractivity contribution in [1.29, 1.82) is 0 Å². The molecule has 0 aliphatic carbocycles. The van der Waals surface area contributed by atoms with Gasteiger partial charge in [0.15, 0.2) is 0 Å². The standard InChI is InChI=1S/C17H27N3/c1-19(2)15-8-11-20(12-9-15)17-7-10-18-13-14-5-3-4-6-16(14)17/h3-6,15,17-18H,7-13H2,1-2H3. The van der Waals surface area contributed by atoms with Crippen molar-refractivity contribution in [3.05, 3.63) is 35.4 Å². The predicted octanol–water partition coefficient (Wildman–Crippen LogP) is 2.25. The molecule has 2 aliphatic rings. The van der Waals surface area contributed by atoms with Crippen LogP contribution in [0.1, 0.15) is 36.4 Å². The van der Waals surface area contributed by atoms with Crippen LogP contribution in [0.5, 0.6) is 0 Å². The first-order chi connectivity index (χ1) is 9.75. The van der Waals surface area contributed by atoms with Crippen LogP contribution in [0.25, 0.3) is 0 Å². The molecule has 2 heterocycles. The molecule has 20 heavy (non-hydrogen) atoms. The Labute approximate surface area is 123 Å². The van der Waals surface area contributed by atoms with Crippen LogP contribution < -0.4 is 5.32 Å². The second-order valence-electron chi connectivity index (χ2n) is 6.41. The lowest BCUT2D eigenvalue weighted by molar-refractivity contribution is 0.105. The minimum absolute atomic E-state index is 0.615. The van der Waals surface area contributed by atoms with Crippen molar-refractivity contribution in [2.24, 2.45) is 0 Å². The fourth-order valence-corrected chi connectivity index (χ4v) is 3.73. The monoisotopic (exact) mass is 273 g/mol. The average molecular weight is 273 g/mol. The summed E-state index contributed by atoms with van der Waals surface area (Å²) in [5, 5.41) is 3.56. The highest BCUT2D eigenvalue weighted by atomic mass is 15.2. The lowest BCUT2D eigenvalue weighted by Gasteiger charge is -2.39. The Bertz CT molecular complexity index is 436. The van der Waals surface area contributed by atoms with E-state index >= 15 is 0 Å². The molecule has 1 aromatic carbocycles. The van der Waals surface area contributed by atoms with Crippen molar-refractivity contribution in [2.45, 2.75) is 37.9 Å². The summed E-state index contributed by atoms with van der Waals surface area (Å²) in [6.45, 7) is 4.64. The molecule has 1 atom stereocenters. The zero-order valence-corrected chi connectivity index (χ0v) is 12.8. The third-order valence-corrected chi connectivity index (χ3v) is 4.99. The molecule has 0 saturated carbocycles. The number of piperidine rings is 1. The highest BCUT2D eigenvalue weighted by Gasteiger charge is 2.28. The number of benzene rings is 1. The molecule has 1 fully saturated rings. The summed E-state index contributed by atoms with van der Waals surface area (Å²) >= 11 is 0. The van der Waals surface area contributed by atoms with Crippen LogP contribution in [0, 0.1) is 0 Å². The van der Waals surface area contributed by atoms with Crippen LogP contribution in [0.2, 0.25) is 0 Å². The van der Waals surface area contributed by atoms with E-state index in [2.05, 4.69) is 53.5 Å². The first-order valence-electron chi connectivity index (χ1n) is 7.94. The Balaban J connectivity index is 1.74. The molecule has 0 amide bonds. The highest BCUT2D eigenvalue weighted by Crippen LogP contribution is 2.31. The normalized spacial score (nSPS) is 25.4. The molecule has 1 aromatic rings. The summed E-state index contributed by atoms with van der Waals surface area (Å²) in [6, 6.07) is 10.4. The van der Waals surface area contributed by atoms with E-state index in [1.54, 1.807) is 5.56 Å². The van der Waals surface area contributed by atoms with Gasteiger partial charge in [-0.25, -0.2) is 0 Å². The van der Waals surface area contributed by atoms with Gasteiger partial charge in [-0.15, -0.1) is 0 Å². The van der Waals surface area contributed by atoms with E-state index in [0.717, 1.165) is 19.1 Å². The first kappa shape index (κ1) is 14.1. The number of nitrogens with one attached hydrogen (secondary N) is 1. The molecule has 1 unspecified atom stereocenters. The summed E-state index contributed by atoms with van der Waals surface area (Å²) in [7, 11) is 4.43. The lowest BCUT2D eigenvalue weighted by Crippen LogP contribution is -2.43. The van der Waals surface area contributed by atoms with Crippen LogP contribution in [-0.4, -0.2) is 49.6 Å². The Hall–Kier alpha value is -0.900. The van der Waals surface area contributed by atoms with Crippen molar-refractivity contribution < 1.29 is 0 Å². The van der Waals surface area contributed by atoms with Crippen LogP contribution in [0.4, 0.5) is 0 Å². The molecule has 2 aliphatic heterocycles. The highest BCUT2D eigenvalue weighted by molar-refractivity contribution is 5.31. The second kappa shape index (κ2) is 6.25. The van der Waals surface area contributed by atoms with Crippen molar-refractivity contribution in [3.8, 4) is 0 Å². The van der Waals surface area contributed by atoms with Gasteiger partial charge < -0.3 is 10.2 Å². The van der Waals surface area contributed by atoms with Gasteiger partial charge in [0.05, 0.1) is 0 Å². The number of nitrogens with zero attached hydrogens (tertiary/aromatic N) is 2. The predicted molar refractivity (Wildman–Crippen MR) is 83.8 cm³/mol. The van der Waals surface area contributed by atoms with Crippen LogP contribution >= 0.6 is 0 Å². The minimum atomic E-state index is 0.615. The summed E-state index contributed by atoms with van der Waals surface area (Å²) in [5.41, 5.74) is 3.05. The molecule has 3 rings (SSSR count). The Morgan fingerprint density at radius 1 is 1.10 bits per heavy atom. The van der Waals surface area contributed by atoms with Crippen LogP contribution in [0.3, 0.4) is 0 Å². The van der Waals surface area contributed by atoms with Crippen molar-refractivity contribution >= 4 is 0 Å². The maximum Gasteiger partial charge on any atom is 0.0363 e. The zero-order chi connectivity index (χ0) is 13.9. The number of hydrogen-bond acceptors (Lipinski definition) is 3. The molecule has 110 valence electrons. The summed E-state index contributed by atoms with van der Waals surface area (Å²) < 4.78 is 0. The fourth-order valence-electron chi connectivity index (χ4n) is 3.73. The van der Waals surface area contributed by atoms with E-state index in [-0.39, 0.29) is 0 Å². The van der Waals surface area contributed by atoms with Gasteiger partial charge in [0, 0.05) is 31.7 Å². The van der Waals surface area contributed by atoms with Gasteiger partial charge in [-0.1, -0.05) is 24.3 Å². The Morgan fingerprint density at radius 3 is 2.60 bits per heavy atom. The van der Waals surface area contributed by atoms with Gasteiger partial charge in [-0.3, -0.25) is 4.90 Å². The van der Waals surface area contributed by atoms with Crippen molar-refractivity contribution in [2.75, 3.05) is 33.7 Å². The molecule has 0 spiro atoms. The van der Waals surface area contributed by atoms with Crippen molar-refractivity contribution in [3.63, 3.8) is 0 Å². The van der Waals surface area contributed by atoms with Gasteiger partial charge in [0.2, 0.25) is 0 Å². The lowest BCUT2D eigenvalue weighted by atomic mass is 9.94. The van der Waals surface area contributed by atoms with Gasteiger partial charge >= 0.3 is 0 Å². The minimum Gasteiger partial charge on any atom is -0.313 e. The molecule has 3 heteroatoms. The maximum atomic E-state index is 3.56. The summed E-state index contributed by atoms with van der Waals surface area (Å²) in [4.78, 5) is 5.10. The third kappa shape index (κ3) is 2.90. The second-order valence-corrected chi connectivity index (χ2v) is 6.41. The van der Waals surface area contributed by atoms with E-state index in [1.165, 1.54) is 37.9 Å². The topological polar surface area (TPSA) is 18.5 Å². The molecule has 3 nitrogen and oxygen atoms in total. The summed E-state index contributed by atoms with van der Waals surface area (Å²) in [5.74, 6) is 0. The molecule has 0 bridgehead atoms. The molecular formula is C17H27N3. The van der Waals surface area contributed by atoms with E-state index in [1.807, 2.05) is 0 Å². The van der Waals surface area contributed by atoms with Gasteiger partial charge in [0.1, 0.15) is 0 Å². The Morgan fingerprint density at radius 2 is 1.85 bits per heavy atom. The summed E-state index contributed by atoms with van der Waals surface area (Å²) in [6.07, 6.45) is 3.85. The zero-order valence-electron chi connectivity index (χ0n) is 12.8. The van der Waals surface area contributed by atoms with E-state index in [4.69, 9.17) is 0 Å². The molecular weight excluding hydrogens is 246 g/mol. The van der Waals surface area contributed by atoms with Crippen molar-refractivity contribution in [1.82, 2.24) is 15.1 Å². The number of fused-ring (bicyclic) bond motifs is 1. The molecule has 0 radical (unpaired) electrons. The van der Waals surface area contributed by atoms with Crippen LogP contribution in [-0.2, 0) is 6.54 Å². The number of likely N-dealkylation sites (tertiary alicyclic amines) is 1. The number of rotatable bonds is 2. The SMILES string of the molecule is CN(C)C1CCN(C2CCNCc3ccccc32)CC1. The van der Waals surface area contributed by atoms with Gasteiger partial charge in [-0.05, 0) is 51.0 Å². The maximum absolute atomic E-state index is 3.56. The van der Waals surface area contributed by atoms with Crippen LogP contribution in [0.15, 0.2) is 24.3 Å². The van der Waals surface area contributed by atoms with E-state index in [0.29, 0.717) is 6.04 Å². The third-order valence-electron chi connectivity index (χ3n) is 4.99. The van der Waals surface area contributed by atoms with Gasteiger partial charge in [-0.2, -0.15) is 0 Å². The van der Waals surface area contributed by atoms with E-state index in [9.17, 15) is 0 Å². The largest absolute Gasteiger partial charge is 0.313 e. The quantitative estimate of drug-likeness (QED) is 0.891. The first-order valence-corrected chi connectivity index (χ1v) is 7.94. The Kier molecular flexibility index (Phi) is 4.39. The molecule has 0 aromatic heterocycles.